The predicted octanol–water partition coefficient (Wildman–Crippen LogP) is 5.32. The summed E-state index contributed by atoms with van der Waals surface area (Å²) in [6.07, 6.45) is -1.11. The van der Waals surface area contributed by atoms with Gasteiger partial charge in [0.25, 0.3) is 11.8 Å². The standard InChI is InChI=1S/C34H32N2O4/c37-33-31(39-23-25-13-5-1-6-14-25)29(27-17-9-3-10-18-27)35(33)21-22-36-30(28-19-11-4-12-20-28)32(34(36)38)40-24-26-15-7-2-8-16-26/h1-20,29-32H,21-24H2/t29-,30+,31+,32-. The SMILES string of the molecule is O=C1[C@@H](OCc2ccccc2)[C@@H](c2ccccc2)N1CCN1C(=O)[C@H](OCc2ccccc2)[C@@H]1c1ccccc1. The molecule has 0 radical (unpaired) electrons. The second-order valence-corrected chi connectivity index (χ2v) is 10.2. The first-order valence-corrected chi connectivity index (χ1v) is 13.7. The van der Waals surface area contributed by atoms with Crippen molar-refractivity contribution < 1.29 is 19.1 Å². The number of ether oxygens (including phenoxy) is 2. The van der Waals surface area contributed by atoms with E-state index in [2.05, 4.69) is 0 Å². The third-order valence-electron chi connectivity index (χ3n) is 7.71. The number of rotatable bonds is 11. The maximum atomic E-state index is 13.3. The summed E-state index contributed by atoms with van der Waals surface area (Å²) in [4.78, 5) is 30.3. The van der Waals surface area contributed by atoms with Gasteiger partial charge in [-0.2, -0.15) is 0 Å². The number of carbonyl (C=O) groups excluding carboxylic acids is 2. The van der Waals surface area contributed by atoms with E-state index in [9.17, 15) is 9.59 Å². The van der Waals surface area contributed by atoms with Gasteiger partial charge in [0.1, 0.15) is 0 Å². The molecule has 4 aromatic carbocycles. The molecule has 2 aliphatic heterocycles. The van der Waals surface area contributed by atoms with Crippen LogP contribution in [0.15, 0.2) is 121 Å². The van der Waals surface area contributed by atoms with Crippen molar-refractivity contribution in [3.63, 3.8) is 0 Å². The predicted molar refractivity (Wildman–Crippen MR) is 152 cm³/mol. The van der Waals surface area contributed by atoms with Crippen LogP contribution in [0.2, 0.25) is 0 Å². The van der Waals surface area contributed by atoms with Crippen molar-refractivity contribution in [2.45, 2.75) is 37.5 Å². The van der Waals surface area contributed by atoms with E-state index in [4.69, 9.17) is 9.47 Å². The maximum absolute atomic E-state index is 13.3. The molecule has 40 heavy (non-hydrogen) atoms. The maximum Gasteiger partial charge on any atom is 0.254 e. The molecule has 0 saturated carbocycles. The van der Waals surface area contributed by atoms with Crippen LogP contribution in [0.3, 0.4) is 0 Å². The van der Waals surface area contributed by atoms with Gasteiger partial charge in [-0.3, -0.25) is 9.59 Å². The van der Waals surface area contributed by atoms with Crippen LogP contribution < -0.4 is 0 Å². The molecule has 0 aliphatic carbocycles. The lowest BCUT2D eigenvalue weighted by Gasteiger charge is -2.51. The fourth-order valence-corrected chi connectivity index (χ4v) is 5.60. The van der Waals surface area contributed by atoms with E-state index in [-0.39, 0.29) is 23.9 Å². The topological polar surface area (TPSA) is 59.1 Å². The number of hydrogen-bond acceptors (Lipinski definition) is 4. The number of likely N-dealkylation sites (tertiary alicyclic amines) is 2. The summed E-state index contributed by atoms with van der Waals surface area (Å²) < 4.78 is 12.3. The second kappa shape index (κ2) is 11.9. The Morgan fingerprint density at radius 2 is 0.800 bits per heavy atom. The largest absolute Gasteiger partial charge is 0.361 e. The minimum atomic E-state index is -0.554. The molecule has 2 amide bonds. The molecule has 6 rings (SSSR count). The van der Waals surface area contributed by atoms with Crippen molar-refractivity contribution in [3.8, 4) is 0 Å². The van der Waals surface area contributed by atoms with E-state index in [1.165, 1.54) is 0 Å². The zero-order valence-electron chi connectivity index (χ0n) is 22.2. The van der Waals surface area contributed by atoms with Crippen LogP contribution in [0.25, 0.3) is 0 Å². The van der Waals surface area contributed by atoms with Crippen molar-refractivity contribution in [1.29, 1.82) is 0 Å². The molecule has 6 heteroatoms. The molecule has 4 aromatic rings. The van der Waals surface area contributed by atoms with Gasteiger partial charge >= 0.3 is 0 Å². The minimum absolute atomic E-state index is 0.0501. The van der Waals surface area contributed by atoms with Gasteiger partial charge in [0.15, 0.2) is 12.2 Å². The molecule has 6 nitrogen and oxygen atoms in total. The van der Waals surface area contributed by atoms with Crippen LogP contribution in [0, 0.1) is 0 Å². The number of β-lactam (4-membered cyclic amide) rings is 2. The lowest BCUT2D eigenvalue weighted by molar-refractivity contribution is -0.185. The Morgan fingerprint density at radius 3 is 1.15 bits per heavy atom. The molecule has 202 valence electrons. The molecule has 2 fully saturated rings. The first-order chi connectivity index (χ1) is 19.7. The molecular formula is C34H32N2O4. The van der Waals surface area contributed by atoms with E-state index in [0.29, 0.717) is 26.3 Å². The highest BCUT2D eigenvalue weighted by Crippen LogP contribution is 2.40. The van der Waals surface area contributed by atoms with Gasteiger partial charge in [-0.25, -0.2) is 0 Å². The number of amides is 2. The average Bonchev–Trinajstić information content (AvgIpc) is 3.01. The Bertz CT molecular complexity index is 1300. The van der Waals surface area contributed by atoms with Crippen molar-refractivity contribution in [2.75, 3.05) is 13.1 Å². The molecule has 0 bridgehead atoms. The second-order valence-electron chi connectivity index (χ2n) is 10.2. The van der Waals surface area contributed by atoms with Crippen LogP contribution in [0.5, 0.6) is 0 Å². The smallest absolute Gasteiger partial charge is 0.254 e. The summed E-state index contributed by atoms with van der Waals surface area (Å²) in [5.41, 5.74) is 4.11. The number of carbonyl (C=O) groups is 2. The first kappa shape index (κ1) is 26.0. The van der Waals surface area contributed by atoms with E-state index in [1.54, 1.807) is 0 Å². The third kappa shape index (κ3) is 5.28. The molecule has 4 atom stereocenters. The molecule has 2 aliphatic rings. The van der Waals surface area contributed by atoms with Crippen LogP contribution in [-0.4, -0.2) is 46.9 Å². The summed E-state index contributed by atoms with van der Waals surface area (Å²) in [6.45, 7) is 1.58. The molecule has 2 heterocycles. The van der Waals surface area contributed by atoms with Crippen molar-refractivity contribution >= 4 is 11.8 Å². The zero-order valence-corrected chi connectivity index (χ0v) is 22.2. The normalized spacial score (nSPS) is 22.1. The highest BCUT2D eigenvalue weighted by molar-refractivity contribution is 5.90. The Morgan fingerprint density at radius 1 is 0.475 bits per heavy atom. The van der Waals surface area contributed by atoms with E-state index in [0.717, 1.165) is 22.3 Å². The third-order valence-corrected chi connectivity index (χ3v) is 7.71. The van der Waals surface area contributed by atoms with Crippen LogP contribution in [0.4, 0.5) is 0 Å². The van der Waals surface area contributed by atoms with Gasteiger partial charge in [0.05, 0.1) is 25.3 Å². The Labute approximate surface area is 234 Å². The number of nitrogens with zero attached hydrogens (tertiary/aromatic N) is 2. The molecule has 0 aromatic heterocycles. The molecule has 0 unspecified atom stereocenters. The molecule has 0 N–H and O–H groups in total. The lowest BCUT2D eigenvalue weighted by atomic mass is 9.88. The summed E-state index contributed by atoms with van der Waals surface area (Å²) in [5.74, 6) is -0.100. The highest BCUT2D eigenvalue weighted by Gasteiger charge is 2.52. The van der Waals surface area contributed by atoms with Gasteiger partial charge in [-0.1, -0.05) is 121 Å². The van der Waals surface area contributed by atoms with Crippen LogP contribution in [0.1, 0.15) is 34.3 Å². The first-order valence-electron chi connectivity index (χ1n) is 13.7. The number of benzene rings is 4. The minimum Gasteiger partial charge on any atom is -0.361 e. The zero-order chi connectivity index (χ0) is 27.3. The Kier molecular flexibility index (Phi) is 7.71. The Balaban J connectivity index is 1.15. The molecular weight excluding hydrogens is 500 g/mol. The number of hydrogen-bond donors (Lipinski definition) is 0. The van der Waals surface area contributed by atoms with E-state index >= 15 is 0 Å². The lowest BCUT2D eigenvalue weighted by Crippen LogP contribution is -2.64. The van der Waals surface area contributed by atoms with E-state index < -0.39 is 12.2 Å². The monoisotopic (exact) mass is 532 g/mol. The average molecular weight is 533 g/mol. The summed E-state index contributed by atoms with van der Waals surface area (Å²) in [5, 5.41) is 0. The van der Waals surface area contributed by atoms with Crippen LogP contribution >= 0.6 is 0 Å². The summed E-state index contributed by atoms with van der Waals surface area (Å²) in [6, 6.07) is 39.3. The summed E-state index contributed by atoms with van der Waals surface area (Å²) in [7, 11) is 0. The molecule has 2 saturated heterocycles. The van der Waals surface area contributed by atoms with Crippen molar-refractivity contribution in [1.82, 2.24) is 9.80 Å². The van der Waals surface area contributed by atoms with Gasteiger partial charge in [0.2, 0.25) is 0 Å². The summed E-state index contributed by atoms with van der Waals surface area (Å²) >= 11 is 0. The van der Waals surface area contributed by atoms with Gasteiger partial charge in [-0.15, -0.1) is 0 Å². The fourth-order valence-electron chi connectivity index (χ4n) is 5.60. The van der Waals surface area contributed by atoms with Crippen LogP contribution in [-0.2, 0) is 32.3 Å². The van der Waals surface area contributed by atoms with E-state index in [1.807, 2.05) is 131 Å². The quantitative estimate of drug-likeness (QED) is 0.245. The highest BCUT2D eigenvalue weighted by atomic mass is 16.5. The van der Waals surface area contributed by atoms with Gasteiger partial charge in [0, 0.05) is 13.1 Å². The Hall–Kier alpha value is -4.26. The fraction of sp³-hybridized carbons (Fsp3) is 0.235. The molecule has 0 spiro atoms. The van der Waals surface area contributed by atoms with Gasteiger partial charge in [-0.05, 0) is 22.3 Å². The van der Waals surface area contributed by atoms with Crippen molar-refractivity contribution in [3.05, 3.63) is 144 Å². The van der Waals surface area contributed by atoms with Gasteiger partial charge < -0.3 is 19.3 Å². The van der Waals surface area contributed by atoms with Crippen molar-refractivity contribution in [2.24, 2.45) is 0 Å².